The van der Waals surface area contributed by atoms with Crippen molar-refractivity contribution in [1.82, 2.24) is 10.6 Å². The molecule has 4 aliphatic rings. The molecule has 3 N–H and O–H groups in total. The maximum Gasteiger partial charge on any atom is 0.251 e. The number of aliphatic hydroxyl groups is 1. The van der Waals surface area contributed by atoms with Crippen LogP contribution in [0.1, 0.15) is 66.1 Å². The van der Waals surface area contributed by atoms with Crippen LogP contribution >= 0.6 is 0 Å². The summed E-state index contributed by atoms with van der Waals surface area (Å²) in [4.78, 5) is 25.8. The summed E-state index contributed by atoms with van der Waals surface area (Å²) in [6, 6.07) is 12.4. The Hall–Kier alpha value is -3.06. The molecule has 4 bridgehead atoms. The molecule has 192 valence electrons. The van der Waals surface area contributed by atoms with Gasteiger partial charge in [0.25, 0.3) is 5.91 Å². The van der Waals surface area contributed by atoms with Crippen LogP contribution < -0.4 is 20.1 Å². The molecule has 0 aromatic heterocycles. The van der Waals surface area contributed by atoms with Gasteiger partial charge in [-0.15, -0.1) is 0 Å². The summed E-state index contributed by atoms with van der Waals surface area (Å²) in [6.07, 6.45) is 6.17. The summed E-state index contributed by atoms with van der Waals surface area (Å²) < 4.78 is 10.5. The van der Waals surface area contributed by atoms with Gasteiger partial charge < -0.3 is 25.2 Å². The minimum absolute atomic E-state index is 0.0330. The molecule has 4 fully saturated rings. The lowest BCUT2D eigenvalue weighted by molar-refractivity contribution is -0.146. The monoisotopic (exact) mass is 492 g/mol. The fraction of sp³-hybridized carbons (Fsp3) is 0.517. The highest BCUT2D eigenvalue weighted by atomic mass is 16.5. The van der Waals surface area contributed by atoms with Crippen LogP contribution in [-0.2, 0) is 11.3 Å². The molecule has 7 heteroatoms. The molecular formula is C29H36N2O5. The van der Waals surface area contributed by atoms with E-state index in [9.17, 15) is 14.7 Å². The summed E-state index contributed by atoms with van der Waals surface area (Å²) in [5.41, 5.74) is 1.85. The summed E-state index contributed by atoms with van der Waals surface area (Å²) in [7, 11) is 3.09. The fourth-order valence-electron chi connectivity index (χ4n) is 7.03. The van der Waals surface area contributed by atoms with Crippen LogP contribution in [0.5, 0.6) is 11.5 Å². The number of ether oxygens (including phenoxy) is 2. The largest absolute Gasteiger partial charge is 0.497 e. The van der Waals surface area contributed by atoms with Crippen LogP contribution in [0.2, 0.25) is 0 Å². The van der Waals surface area contributed by atoms with Gasteiger partial charge in [0.2, 0.25) is 5.91 Å². The van der Waals surface area contributed by atoms with E-state index in [4.69, 9.17) is 9.47 Å². The van der Waals surface area contributed by atoms with Gasteiger partial charge in [-0.3, -0.25) is 9.59 Å². The molecule has 0 heterocycles. The number of carbonyl (C=O) groups is 2. The zero-order chi connectivity index (χ0) is 25.3. The molecule has 6 rings (SSSR count). The van der Waals surface area contributed by atoms with E-state index < -0.39 is 6.10 Å². The Morgan fingerprint density at radius 1 is 0.944 bits per heavy atom. The van der Waals surface area contributed by atoms with Crippen molar-refractivity contribution in [3.63, 3.8) is 0 Å². The first-order valence-electron chi connectivity index (χ1n) is 12.9. The van der Waals surface area contributed by atoms with Crippen molar-refractivity contribution in [2.75, 3.05) is 20.8 Å². The number of nitrogens with one attached hydrogen (secondary N) is 2. The van der Waals surface area contributed by atoms with Gasteiger partial charge in [-0.05, 0) is 92.2 Å². The van der Waals surface area contributed by atoms with Crippen LogP contribution in [0.3, 0.4) is 0 Å². The smallest absolute Gasteiger partial charge is 0.251 e. The van der Waals surface area contributed by atoms with E-state index >= 15 is 0 Å². The van der Waals surface area contributed by atoms with E-state index in [2.05, 4.69) is 10.6 Å². The van der Waals surface area contributed by atoms with E-state index in [-0.39, 0.29) is 23.8 Å². The normalized spacial score (nSPS) is 26.8. The molecule has 1 unspecified atom stereocenters. The highest BCUT2D eigenvalue weighted by Crippen LogP contribution is 2.60. The number of amides is 2. The third-order valence-electron chi connectivity index (χ3n) is 8.44. The van der Waals surface area contributed by atoms with E-state index in [0.29, 0.717) is 29.2 Å². The summed E-state index contributed by atoms with van der Waals surface area (Å²) in [6.45, 7) is 0.502. The van der Waals surface area contributed by atoms with Crippen molar-refractivity contribution in [1.29, 1.82) is 0 Å². The van der Waals surface area contributed by atoms with Gasteiger partial charge in [-0.1, -0.05) is 12.1 Å². The van der Waals surface area contributed by atoms with Gasteiger partial charge in [0.15, 0.2) is 0 Å². The van der Waals surface area contributed by atoms with E-state index in [1.54, 1.807) is 37.4 Å². The Morgan fingerprint density at radius 2 is 1.58 bits per heavy atom. The number of hydrogen-bond donors (Lipinski definition) is 3. The fourth-order valence-corrected chi connectivity index (χ4v) is 7.03. The zero-order valence-corrected chi connectivity index (χ0v) is 21.1. The van der Waals surface area contributed by atoms with Crippen molar-refractivity contribution in [2.45, 2.75) is 51.2 Å². The van der Waals surface area contributed by atoms with Crippen LogP contribution in [0.25, 0.3) is 0 Å². The Morgan fingerprint density at radius 3 is 2.17 bits per heavy atom. The minimum atomic E-state index is -0.946. The predicted molar refractivity (Wildman–Crippen MR) is 136 cm³/mol. The topological polar surface area (TPSA) is 96.9 Å². The standard InChI is InChI=1S/C29H36N2O5/c1-35-23-7-8-26(36-2)24(12-23)25(32)17-30-27(33)22-5-3-18(4-6-22)16-31-28(34)29-13-19-9-20(14-29)11-21(10-19)15-29/h3-8,12,19-21,25,32H,9-11,13-17H2,1-2H3,(H,30,33)(H,31,34). The Kier molecular flexibility index (Phi) is 6.93. The minimum Gasteiger partial charge on any atom is -0.497 e. The average Bonchev–Trinajstić information content (AvgIpc) is 2.89. The Bertz CT molecular complexity index is 1080. The number of carbonyl (C=O) groups excluding carboxylic acids is 2. The van der Waals surface area contributed by atoms with Crippen molar-refractivity contribution >= 4 is 11.8 Å². The quantitative estimate of drug-likeness (QED) is 0.492. The van der Waals surface area contributed by atoms with Crippen LogP contribution in [0.4, 0.5) is 0 Å². The van der Waals surface area contributed by atoms with Crippen molar-refractivity contribution in [2.24, 2.45) is 23.2 Å². The van der Waals surface area contributed by atoms with Crippen molar-refractivity contribution < 1.29 is 24.2 Å². The van der Waals surface area contributed by atoms with Crippen molar-refractivity contribution in [3.8, 4) is 11.5 Å². The van der Waals surface area contributed by atoms with Gasteiger partial charge >= 0.3 is 0 Å². The van der Waals surface area contributed by atoms with Gasteiger partial charge in [0.05, 0.1) is 14.2 Å². The van der Waals surface area contributed by atoms with E-state index in [0.717, 1.165) is 42.6 Å². The molecule has 1 atom stereocenters. The molecule has 0 spiro atoms. The Balaban J connectivity index is 1.13. The molecule has 4 saturated carbocycles. The van der Waals surface area contributed by atoms with Crippen LogP contribution in [-0.4, -0.2) is 37.7 Å². The molecule has 0 saturated heterocycles. The number of aliphatic hydroxyl groups excluding tert-OH is 1. The number of methoxy groups -OCH3 is 2. The molecule has 2 amide bonds. The molecule has 36 heavy (non-hydrogen) atoms. The molecule has 7 nitrogen and oxygen atoms in total. The SMILES string of the molecule is COc1ccc(OC)c(C(O)CNC(=O)c2ccc(CNC(=O)C34CC5CC(CC(C5)C3)C4)cc2)c1. The molecule has 4 aliphatic carbocycles. The zero-order valence-electron chi connectivity index (χ0n) is 21.1. The first-order valence-corrected chi connectivity index (χ1v) is 12.9. The number of rotatable bonds is 9. The van der Waals surface area contributed by atoms with E-state index in [1.807, 2.05) is 12.1 Å². The van der Waals surface area contributed by atoms with E-state index in [1.165, 1.54) is 26.4 Å². The number of benzene rings is 2. The van der Waals surface area contributed by atoms with Gasteiger partial charge in [0.1, 0.15) is 17.6 Å². The highest BCUT2D eigenvalue weighted by molar-refractivity contribution is 5.94. The predicted octanol–water partition coefficient (Wildman–Crippen LogP) is 4.00. The maximum absolute atomic E-state index is 13.2. The molecule has 0 radical (unpaired) electrons. The first kappa shape index (κ1) is 24.6. The molecular weight excluding hydrogens is 456 g/mol. The highest BCUT2D eigenvalue weighted by Gasteiger charge is 2.54. The Labute approximate surface area is 212 Å². The summed E-state index contributed by atoms with van der Waals surface area (Å²) >= 11 is 0. The second-order valence-corrected chi connectivity index (χ2v) is 10.9. The number of hydrogen-bond acceptors (Lipinski definition) is 5. The molecule has 2 aromatic rings. The van der Waals surface area contributed by atoms with Crippen LogP contribution in [0.15, 0.2) is 42.5 Å². The summed E-state index contributed by atoms with van der Waals surface area (Å²) in [5, 5.41) is 16.6. The molecule has 0 aliphatic heterocycles. The van der Waals surface area contributed by atoms with Crippen molar-refractivity contribution in [3.05, 3.63) is 59.2 Å². The second kappa shape index (κ2) is 10.1. The second-order valence-electron chi connectivity index (χ2n) is 10.9. The lowest BCUT2D eigenvalue weighted by atomic mass is 9.49. The first-order chi connectivity index (χ1) is 17.4. The average molecular weight is 493 g/mol. The van der Waals surface area contributed by atoms with Crippen LogP contribution in [0, 0.1) is 23.2 Å². The van der Waals surface area contributed by atoms with Gasteiger partial charge in [-0.2, -0.15) is 0 Å². The lowest BCUT2D eigenvalue weighted by Gasteiger charge is -2.55. The lowest BCUT2D eigenvalue weighted by Crippen LogP contribution is -2.53. The maximum atomic E-state index is 13.2. The summed E-state index contributed by atoms with van der Waals surface area (Å²) in [5.74, 6) is 3.28. The van der Waals surface area contributed by atoms with Gasteiger partial charge in [0, 0.05) is 29.6 Å². The molecule has 2 aromatic carbocycles. The van der Waals surface area contributed by atoms with Gasteiger partial charge in [-0.25, -0.2) is 0 Å². The third-order valence-corrected chi connectivity index (χ3v) is 8.44. The third kappa shape index (κ3) is 4.94.